The van der Waals surface area contributed by atoms with Gasteiger partial charge in [-0.3, -0.25) is 4.79 Å². The minimum atomic E-state index is 0.0600. The maximum Gasteiger partial charge on any atom is 0.246 e. The molecule has 0 N–H and O–H groups in total. The van der Waals surface area contributed by atoms with E-state index in [1.165, 1.54) is 12.8 Å². The molecule has 0 radical (unpaired) electrons. The Bertz CT molecular complexity index is 611. The summed E-state index contributed by atoms with van der Waals surface area (Å²) in [5, 5.41) is 0.512. The minimum absolute atomic E-state index is 0.0600. The number of fused-ring (bicyclic) bond motifs is 1. The fraction of sp³-hybridized carbons (Fsp3) is 0.500. The molecule has 1 fully saturated rings. The van der Waals surface area contributed by atoms with Crippen molar-refractivity contribution in [3.8, 4) is 11.5 Å². The van der Waals surface area contributed by atoms with Gasteiger partial charge in [0, 0.05) is 19.2 Å². The number of hydrogen-bond acceptors (Lipinski definition) is 3. The summed E-state index contributed by atoms with van der Waals surface area (Å²) in [5.74, 6) is 1.98. The van der Waals surface area contributed by atoms with Gasteiger partial charge in [-0.1, -0.05) is 18.5 Å². The molecule has 0 aromatic heterocycles. The van der Waals surface area contributed by atoms with E-state index in [2.05, 4.69) is 6.92 Å². The minimum Gasteiger partial charge on any atom is -0.486 e. The van der Waals surface area contributed by atoms with Crippen molar-refractivity contribution in [2.75, 3.05) is 26.3 Å². The number of carbonyl (C=O) groups is 1. The van der Waals surface area contributed by atoms with Crippen LogP contribution in [0.2, 0.25) is 5.02 Å². The molecule has 0 bridgehead atoms. The molecule has 3 rings (SSSR count). The zero-order valence-electron chi connectivity index (χ0n) is 13.4. The van der Waals surface area contributed by atoms with Gasteiger partial charge in [0.15, 0.2) is 11.5 Å². The normalized spacial score (nSPS) is 16.6. The second-order valence-electron chi connectivity index (χ2n) is 6.09. The molecule has 1 aromatic rings. The first-order valence-electron chi connectivity index (χ1n) is 8.23. The van der Waals surface area contributed by atoms with E-state index in [1.54, 1.807) is 18.2 Å². The second-order valence-corrected chi connectivity index (χ2v) is 6.50. The number of benzene rings is 1. The highest BCUT2D eigenvalue weighted by Crippen LogP contribution is 2.38. The van der Waals surface area contributed by atoms with E-state index in [9.17, 15) is 4.79 Å². The fourth-order valence-electron chi connectivity index (χ4n) is 2.67. The number of halogens is 1. The Labute approximate surface area is 142 Å². The molecule has 1 heterocycles. The number of ether oxygens (including phenoxy) is 2. The second kappa shape index (κ2) is 7.26. The van der Waals surface area contributed by atoms with Crippen LogP contribution in [0, 0.1) is 5.92 Å². The molecular weight excluding hydrogens is 314 g/mol. The van der Waals surface area contributed by atoms with Gasteiger partial charge in [-0.2, -0.15) is 0 Å². The van der Waals surface area contributed by atoms with Crippen LogP contribution in [0.25, 0.3) is 6.08 Å². The van der Waals surface area contributed by atoms with Crippen LogP contribution in [0.1, 0.15) is 31.7 Å². The lowest BCUT2D eigenvalue weighted by atomic mass is 10.1. The average molecular weight is 336 g/mol. The van der Waals surface area contributed by atoms with Crippen LogP contribution < -0.4 is 9.47 Å². The molecule has 23 heavy (non-hydrogen) atoms. The van der Waals surface area contributed by atoms with E-state index in [0.717, 1.165) is 25.1 Å². The summed E-state index contributed by atoms with van der Waals surface area (Å²) in [7, 11) is 0. The van der Waals surface area contributed by atoms with Crippen molar-refractivity contribution < 1.29 is 14.3 Å². The number of nitrogens with zero attached hydrogens (tertiary/aromatic N) is 1. The van der Waals surface area contributed by atoms with E-state index in [1.807, 2.05) is 11.0 Å². The molecule has 124 valence electrons. The van der Waals surface area contributed by atoms with E-state index >= 15 is 0 Å². The molecule has 4 nitrogen and oxygen atoms in total. The summed E-state index contributed by atoms with van der Waals surface area (Å²) in [6.07, 6.45) is 6.88. The molecule has 0 unspecified atom stereocenters. The lowest BCUT2D eigenvalue weighted by Gasteiger charge is -2.21. The quantitative estimate of drug-likeness (QED) is 0.743. The number of carbonyl (C=O) groups excluding carboxylic acids is 1. The van der Waals surface area contributed by atoms with Gasteiger partial charge in [-0.25, -0.2) is 0 Å². The molecule has 1 aromatic carbocycles. The lowest BCUT2D eigenvalue weighted by molar-refractivity contribution is -0.126. The summed E-state index contributed by atoms with van der Waals surface area (Å²) < 4.78 is 11.1. The third-order valence-corrected chi connectivity index (χ3v) is 4.30. The molecule has 1 aliphatic carbocycles. The van der Waals surface area contributed by atoms with Crippen molar-refractivity contribution in [1.82, 2.24) is 4.90 Å². The maximum absolute atomic E-state index is 12.4. The highest BCUT2D eigenvalue weighted by molar-refractivity contribution is 6.32. The van der Waals surface area contributed by atoms with Gasteiger partial charge in [0.25, 0.3) is 0 Å². The highest BCUT2D eigenvalue weighted by atomic mass is 35.5. The van der Waals surface area contributed by atoms with Gasteiger partial charge >= 0.3 is 0 Å². The molecule has 0 atom stereocenters. The molecule has 1 amide bonds. The lowest BCUT2D eigenvalue weighted by Crippen LogP contribution is -2.32. The first-order chi connectivity index (χ1) is 11.2. The Hall–Kier alpha value is -1.68. The zero-order chi connectivity index (χ0) is 16.2. The molecule has 2 aliphatic rings. The van der Waals surface area contributed by atoms with Gasteiger partial charge in [0.2, 0.25) is 5.91 Å². The summed E-state index contributed by atoms with van der Waals surface area (Å²) in [5.41, 5.74) is 0.843. The van der Waals surface area contributed by atoms with Crippen LogP contribution in [-0.2, 0) is 4.79 Å². The largest absolute Gasteiger partial charge is 0.486 e. The van der Waals surface area contributed by atoms with E-state index in [-0.39, 0.29) is 5.91 Å². The highest BCUT2D eigenvalue weighted by Gasteiger charge is 2.25. The SMILES string of the molecule is CCCN(CC1CC1)C(=O)/C=C/c1cc(Cl)c2c(c1)OCCO2. The van der Waals surface area contributed by atoms with Gasteiger partial charge in [0.1, 0.15) is 13.2 Å². The predicted octanol–water partition coefficient (Wildman–Crippen LogP) is 3.77. The van der Waals surface area contributed by atoms with Crippen LogP contribution in [0.15, 0.2) is 18.2 Å². The van der Waals surface area contributed by atoms with Crippen LogP contribution in [0.4, 0.5) is 0 Å². The van der Waals surface area contributed by atoms with Crippen molar-refractivity contribution in [2.45, 2.75) is 26.2 Å². The Morgan fingerprint density at radius 1 is 1.35 bits per heavy atom. The number of amides is 1. The van der Waals surface area contributed by atoms with Crippen molar-refractivity contribution >= 4 is 23.6 Å². The number of hydrogen-bond donors (Lipinski definition) is 0. The third kappa shape index (κ3) is 4.20. The smallest absolute Gasteiger partial charge is 0.246 e. The molecule has 1 aliphatic heterocycles. The summed E-state index contributed by atoms with van der Waals surface area (Å²) in [6, 6.07) is 3.65. The Balaban J connectivity index is 1.70. The molecule has 1 saturated carbocycles. The topological polar surface area (TPSA) is 38.8 Å². The predicted molar refractivity (Wildman–Crippen MR) is 91.1 cm³/mol. The van der Waals surface area contributed by atoms with Crippen LogP contribution in [0.5, 0.6) is 11.5 Å². The maximum atomic E-state index is 12.4. The van der Waals surface area contributed by atoms with E-state index in [4.69, 9.17) is 21.1 Å². The third-order valence-electron chi connectivity index (χ3n) is 4.02. The van der Waals surface area contributed by atoms with Crippen molar-refractivity contribution in [2.24, 2.45) is 5.92 Å². The standard InChI is InChI=1S/C18H22ClNO3/c1-2-7-20(12-13-3-4-13)17(21)6-5-14-10-15(19)18-16(11-14)22-8-9-23-18/h5-6,10-11,13H,2-4,7-9,12H2,1H3/b6-5+. The molecular formula is C18H22ClNO3. The van der Waals surface area contributed by atoms with E-state index < -0.39 is 0 Å². The van der Waals surface area contributed by atoms with Crippen molar-refractivity contribution in [3.63, 3.8) is 0 Å². The van der Waals surface area contributed by atoms with Crippen LogP contribution in [-0.4, -0.2) is 37.1 Å². The Morgan fingerprint density at radius 3 is 2.87 bits per heavy atom. The summed E-state index contributed by atoms with van der Waals surface area (Å²) in [6.45, 7) is 4.80. The van der Waals surface area contributed by atoms with Gasteiger partial charge in [0.05, 0.1) is 5.02 Å². The van der Waals surface area contributed by atoms with Crippen LogP contribution in [0.3, 0.4) is 0 Å². The molecule has 5 heteroatoms. The van der Waals surface area contributed by atoms with Crippen molar-refractivity contribution in [3.05, 3.63) is 28.8 Å². The van der Waals surface area contributed by atoms with E-state index in [0.29, 0.717) is 35.7 Å². The fourth-order valence-corrected chi connectivity index (χ4v) is 2.95. The Morgan fingerprint density at radius 2 is 2.13 bits per heavy atom. The number of rotatable bonds is 6. The molecule has 0 spiro atoms. The molecule has 0 saturated heterocycles. The first-order valence-corrected chi connectivity index (χ1v) is 8.61. The van der Waals surface area contributed by atoms with Gasteiger partial charge in [-0.05, 0) is 49.0 Å². The Kier molecular flexibility index (Phi) is 5.11. The zero-order valence-corrected chi connectivity index (χ0v) is 14.1. The van der Waals surface area contributed by atoms with Crippen LogP contribution >= 0.6 is 11.6 Å². The monoisotopic (exact) mass is 335 g/mol. The van der Waals surface area contributed by atoms with Gasteiger partial charge < -0.3 is 14.4 Å². The average Bonchev–Trinajstić information content (AvgIpc) is 3.36. The first kappa shape index (κ1) is 16.2. The summed E-state index contributed by atoms with van der Waals surface area (Å²) >= 11 is 6.22. The summed E-state index contributed by atoms with van der Waals surface area (Å²) in [4.78, 5) is 14.3. The van der Waals surface area contributed by atoms with Gasteiger partial charge in [-0.15, -0.1) is 0 Å². The van der Waals surface area contributed by atoms with Crippen molar-refractivity contribution in [1.29, 1.82) is 0 Å².